The molecule has 0 bridgehead atoms. The lowest BCUT2D eigenvalue weighted by molar-refractivity contribution is -0.126. The van der Waals surface area contributed by atoms with E-state index in [0.717, 1.165) is 5.56 Å². The molecule has 1 aliphatic carbocycles. The largest absolute Gasteiger partial charge is 0.339 e. The van der Waals surface area contributed by atoms with Crippen molar-refractivity contribution >= 4 is 12.0 Å². The van der Waals surface area contributed by atoms with Crippen LogP contribution in [-0.2, 0) is 4.79 Å². The molecular weight excluding hydrogens is 210 g/mol. The van der Waals surface area contributed by atoms with Crippen molar-refractivity contribution in [3.8, 4) is 0 Å². The zero-order valence-corrected chi connectivity index (χ0v) is 10.5. The predicted molar refractivity (Wildman–Crippen MR) is 70.4 cm³/mol. The molecule has 1 aromatic rings. The summed E-state index contributed by atoms with van der Waals surface area (Å²) in [5.74, 6) is 0.808. The zero-order valence-electron chi connectivity index (χ0n) is 10.5. The van der Waals surface area contributed by atoms with Gasteiger partial charge in [-0.1, -0.05) is 30.3 Å². The molecule has 1 unspecified atom stereocenters. The second-order valence-corrected chi connectivity index (χ2v) is 4.77. The van der Waals surface area contributed by atoms with Crippen LogP contribution in [0.15, 0.2) is 36.4 Å². The fourth-order valence-corrected chi connectivity index (χ4v) is 1.94. The Morgan fingerprint density at radius 3 is 2.59 bits per heavy atom. The van der Waals surface area contributed by atoms with Crippen molar-refractivity contribution < 1.29 is 4.79 Å². The average molecular weight is 229 g/mol. The summed E-state index contributed by atoms with van der Waals surface area (Å²) in [5, 5.41) is 0. The quantitative estimate of drug-likeness (QED) is 0.727. The number of carbonyl (C=O) groups is 1. The van der Waals surface area contributed by atoms with Crippen LogP contribution in [-0.4, -0.2) is 23.9 Å². The van der Waals surface area contributed by atoms with Gasteiger partial charge >= 0.3 is 0 Å². The smallest absolute Gasteiger partial charge is 0.246 e. The monoisotopic (exact) mass is 229 g/mol. The van der Waals surface area contributed by atoms with E-state index >= 15 is 0 Å². The molecule has 2 heteroatoms. The Kier molecular flexibility index (Phi) is 3.62. The first-order valence-electron chi connectivity index (χ1n) is 6.18. The van der Waals surface area contributed by atoms with Gasteiger partial charge < -0.3 is 4.90 Å². The van der Waals surface area contributed by atoms with E-state index in [1.54, 1.807) is 6.08 Å². The van der Waals surface area contributed by atoms with E-state index in [0.29, 0.717) is 12.0 Å². The fraction of sp³-hybridized carbons (Fsp3) is 0.400. The molecular formula is C15H19NO. The average Bonchev–Trinajstić information content (AvgIpc) is 3.19. The fourth-order valence-electron chi connectivity index (χ4n) is 1.94. The van der Waals surface area contributed by atoms with Gasteiger partial charge in [-0.2, -0.15) is 0 Å². The maximum Gasteiger partial charge on any atom is 0.246 e. The van der Waals surface area contributed by atoms with Crippen LogP contribution >= 0.6 is 0 Å². The van der Waals surface area contributed by atoms with E-state index < -0.39 is 0 Å². The van der Waals surface area contributed by atoms with Gasteiger partial charge in [0.05, 0.1) is 0 Å². The van der Waals surface area contributed by atoms with Crippen molar-refractivity contribution in [1.29, 1.82) is 0 Å². The molecule has 1 atom stereocenters. The van der Waals surface area contributed by atoms with Gasteiger partial charge in [0.1, 0.15) is 0 Å². The van der Waals surface area contributed by atoms with Crippen molar-refractivity contribution in [2.75, 3.05) is 7.05 Å². The van der Waals surface area contributed by atoms with Gasteiger partial charge in [0.15, 0.2) is 0 Å². The highest BCUT2D eigenvalue weighted by Crippen LogP contribution is 2.34. The Labute approximate surface area is 103 Å². The third-order valence-corrected chi connectivity index (χ3v) is 3.48. The van der Waals surface area contributed by atoms with E-state index in [-0.39, 0.29) is 5.91 Å². The Morgan fingerprint density at radius 1 is 1.35 bits per heavy atom. The molecule has 1 aliphatic rings. The first-order valence-corrected chi connectivity index (χ1v) is 6.18. The molecule has 0 radical (unpaired) electrons. The van der Waals surface area contributed by atoms with Crippen molar-refractivity contribution in [3.63, 3.8) is 0 Å². The van der Waals surface area contributed by atoms with Crippen LogP contribution in [0.1, 0.15) is 25.3 Å². The topological polar surface area (TPSA) is 20.3 Å². The molecule has 1 amide bonds. The van der Waals surface area contributed by atoms with E-state index in [2.05, 4.69) is 6.92 Å². The van der Waals surface area contributed by atoms with E-state index in [1.807, 2.05) is 48.4 Å². The van der Waals surface area contributed by atoms with Crippen molar-refractivity contribution in [2.24, 2.45) is 5.92 Å². The van der Waals surface area contributed by atoms with Crippen LogP contribution in [0.3, 0.4) is 0 Å². The van der Waals surface area contributed by atoms with Crippen LogP contribution < -0.4 is 0 Å². The number of likely N-dealkylation sites (N-methyl/N-ethyl adjacent to an activating group) is 1. The van der Waals surface area contributed by atoms with Gasteiger partial charge in [-0.3, -0.25) is 4.79 Å². The highest BCUT2D eigenvalue weighted by Gasteiger charge is 2.31. The summed E-state index contributed by atoms with van der Waals surface area (Å²) in [6.07, 6.45) is 6.06. The number of benzene rings is 1. The van der Waals surface area contributed by atoms with Crippen molar-refractivity contribution in [3.05, 3.63) is 42.0 Å². The van der Waals surface area contributed by atoms with Gasteiger partial charge in [0.25, 0.3) is 0 Å². The van der Waals surface area contributed by atoms with Crippen LogP contribution in [0, 0.1) is 5.92 Å². The summed E-state index contributed by atoms with van der Waals surface area (Å²) >= 11 is 0. The number of nitrogens with zero attached hydrogens (tertiary/aromatic N) is 1. The molecule has 2 rings (SSSR count). The first-order chi connectivity index (χ1) is 8.18. The van der Waals surface area contributed by atoms with Crippen LogP contribution in [0.25, 0.3) is 6.08 Å². The van der Waals surface area contributed by atoms with Gasteiger partial charge in [0.2, 0.25) is 5.91 Å². The third-order valence-electron chi connectivity index (χ3n) is 3.48. The van der Waals surface area contributed by atoms with Gasteiger partial charge in [-0.15, -0.1) is 0 Å². The highest BCUT2D eigenvalue weighted by atomic mass is 16.2. The molecule has 0 aliphatic heterocycles. The molecule has 0 spiro atoms. The minimum atomic E-state index is 0.0910. The summed E-state index contributed by atoms with van der Waals surface area (Å²) in [6, 6.07) is 10.3. The van der Waals surface area contributed by atoms with Gasteiger partial charge in [0, 0.05) is 19.2 Å². The van der Waals surface area contributed by atoms with Crippen LogP contribution in [0.5, 0.6) is 0 Å². The number of rotatable bonds is 4. The minimum absolute atomic E-state index is 0.0910. The Morgan fingerprint density at radius 2 is 2.00 bits per heavy atom. The van der Waals surface area contributed by atoms with Crippen LogP contribution in [0.4, 0.5) is 0 Å². The van der Waals surface area contributed by atoms with E-state index in [9.17, 15) is 4.79 Å². The first kappa shape index (κ1) is 11.9. The Bertz CT molecular complexity index is 406. The second kappa shape index (κ2) is 5.17. The van der Waals surface area contributed by atoms with Crippen molar-refractivity contribution in [1.82, 2.24) is 4.90 Å². The molecule has 0 saturated heterocycles. The summed E-state index contributed by atoms with van der Waals surface area (Å²) in [7, 11) is 1.89. The zero-order chi connectivity index (χ0) is 12.3. The van der Waals surface area contributed by atoms with E-state index in [4.69, 9.17) is 0 Å². The standard InChI is InChI=1S/C15H19NO/c1-12(14-9-10-14)16(2)15(17)11-8-13-6-4-3-5-7-13/h3-8,11-12,14H,9-10H2,1-2H3/b11-8+. The van der Waals surface area contributed by atoms with Gasteiger partial charge in [-0.25, -0.2) is 0 Å². The lowest BCUT2D eigenvalue weighted by Gasteiger charge is -2.23. The SMILES string of the molecule is CC(C1CC1)N(C)C(=O)/C=C/c1ccccc1. The molecule has 1 saturated carbocycles. The van der Waals surface area contributed by atoms with Gasteiger partial charge in [-0.05, 0) is 37.3 Å². The predicted octanol–water partition coefficient (Wildman–Crippen LogP) is 2.96. The lowest BCUT2D eigenvalue weighted by atomic mass is 10.2. The maximum atomic E-state index is 11.9. The molecule has 0 N–H and O–H groups in total. The molecule has 0 heterocycles. The molecule has 17 heavy (non-hydrogen) atoms. The number of amides is 1. The van der Waals surface area contributed by atoms with E-state index in [1.165, 1.54) is 12.8 Å². The minimum Gasteiger partial charge on any atom is -0.339 e. The molecule has 1 aromatic carbocycles. The van der Waals surface area contributed by atoms with Crippen LogP contribution in [0.2, 0.25) is 0 Å². The number of hydrogen-bond donors (Lipinski definition) is 0. The lowest BCUT2D eigenvalue weighted by Crippen LogP contribution is -2.35. The highest BCUT2D eigenvalue weighted by molar-refractivity contribution is 5.91. The molecule has 0 aromatic heterocycles. The number of hydrogen-bond acceptors (Lipinski definition) is 1. The second-order valence-electron chi connectivity index (χ2n) is 4.77. The Hall–Kier alpha value is -1.57. The Balaban J connectivity index is 1.94. The molecule has 90 valence electrons. The normalized spacial score (nSPS) is 17.1. The molecule has 2 nitrogen and oxygen atoms in total. The summed E-state index contributed by atoms with van der Waals surface area (Å²) in [6.45, 7) is 2.13. The summed E-state index contributed by atoms with van der Waals surface area (Å²) < 4.78 is 0. The third kappa shape index (κ3) is 3.19. The summed E-state index contributed by atoms with van der Waals surface area (Å²) in [5.41, 5.74) is 1.06. The molecule has 1 fully saturated rings. The van der Waals surface area contributed by atoms with Crippen molar-refractivity contribution in [2.45, 2.75) is 25.8 Å². The maximum absolute atomic E-state index is 11.9. The number of carbonyl (C=O) groups excluding carboxylic acids is 1. The summed E-state index contributed by atoms with van der Waals surface area (Å²) in [4.78, 5) is 13.8.